The number of nitrogens with zero attached hydrogens (tertiary/aromatic N) is 4. The quantitative estimate of drug-likeness (QED) is 0.405. The highest BCUT2D eigenvalue weighted by atomic mass is 35.5. The van der Waals surface area contributed by atoms with Crippen LogP contribution in [0.5, 0.6) is 0 Å². The lowest BCUT2D eigenvalue weighted by Crippen LogP contribution is -2.48. The van der Waals surface area contributed by atoms with Crippen LogP contribution in [-0.2, 0) is 4.79 Å². The molecule has 3 heterocycles. The highest BCUT2D eigenvalue weighted by Crippen LogP contribution is 2.43. The molecule has 5 rings (SSSR count). The maximum atomic E-state index is 16.2. The van der Waals surface area contributed by atoms with Gasteiger partial charge < -0.3 is 9.80 Å². The first-order chi connectivity index (χ1) is 16.3. The number of fused-ring (bicyclic) bond motifs is 2. The van der Waals surface area contributed by atoms with Crippen LogP contribution in [0, 0.1) is 26.6 Å². The number of aromatic nitrogens is 3. The molecular formula is C26H25ClFN5O. The van der Waals surface area contributed by atoms with Gasteiger partial charge in [0.1, 0.15) is 5.52 Å². The summed E-state index contributed by atoms with van der Waals surface area (Å²) in [5.74, 6) is -0.516. The Bertz CT molecular complexity index is 1470. The lowest BCUT2D eigenvalue weighted by Gasteiger charge is -2.36. The molecule has 0 unspecified atom stereocenters. The predicted octanol–water partition coefficient (Wildman–Crippen LogP) is 5.33. The van der Waals surface area contributed by atoms with Gasteiger partial charge in [-0.3, -0.25) is 9.89 Å². The lowest BCUT2D eigenvalue weighted by atomic mass is 9.93. The molecule has 0 bridgehead atoms. The van der Waals surface area contributed by atoms with Crippen molar-refractivity contribution in [3.8, 4) is 11.1 Å². The number of aromatic amines is 1. The number of anilines is 1. The van der Waals surface area contributed by atoms with E-state index >= 15 is 4.39 Å². The van der Waals surface area contributed by atoms with E-state index < -0.39 is 5.82 Å². The summed E-state index contributed by atoms with van der Waals surface area (Å²) >= 11 is 6.79. The zero-order valence-corrected chi connectivity index (χ0v) is 20.1. The van der Waals surface area contributed by atoms with E-state index in [-0.39, 0.29) is 11.4 Å². The maximum Gasteiger partial charge on any atom is 0.246 e. The highest BCUT2D eigenvalue weighted by Gasteiger charge is 2.25. The second-order valence-corrected chi connectivity index (χ2v) is 9.15. The third-order valence-corrected chi connectivity index (χ3v) is 6.87. The molecule has 1 aliphatic heterocycles. The number of piperazine rings is 1. The molecule has 1 saturated heterocycles. The van der Waals surface area contributed by atoms with Crippen molar-refractivity contribution in [3.63, 3.8) is 0 Å². The van der Waals surface area contributed by atoms with Gasteiger partial charge in [-0.05, 0) is 50.6 Å². The van der Waals surface area contributed by atoms with Crippen molar-refractivity contribution < 1.29 is 9.18 Å². The molecule has 34 heavy (non-hydrogen) atoms. The standard InChI is InChI=1S/C26H25ClFN5O/c1-5-21(34)33-10-8-32(9-11-33)20-12-15(3)29-26-17(20)13-18(27)24(25(26)28)22-14(2)6-7-19-23(22)16(4)30-31-19/h5-7,12-13H,1,8-11H2,2-4H3,(H,30,31). The number of carbonyl (C=O) groups excluding carboxylic acids is 1. The normalized spacial score (nSPS) is 14.3. The third kappa shape index (κ3) is 3.51. The van der Waals surface area contributed by atoms with Gasteiger partial charge in [0.15, 0.2) is 5.82 Å². The average Bonchev–Trinajstić information content (AvgIpc) is 3.21. The van der Waals surface area contributed by atoms with Gasteiger partial charge in [0, 0.05) is 65.2 Å². The molecule has 2 aromatic heterocycles. The zero-order valence-electron chi connectivity index (χ0n) is 19.4. The van der Waals surface area contributed by atoms with E-state index in [1.165, 1.54) is 6.08 Å². The van der Waals surface area contributed by atoms with Crippen molar-refractivity contribution in [1.29, 1.82) is 0 Å². The number of H-pyrrole nitrogens is 1. The monoisotopic (exact) mass is 477 g/mol. The Hall–Kier alpha value is -3.45. The van der Waals surface area contributed by atoms with Crippen LogP contribution in [0.3, 0.4) is 0 Å². The number of aryl methyl sites for hydroxylation is 3. The highest BCUT2D eigenvalue weighted by molar-refractivity contribution is 6.35. The summed E-state index contributed by atoms with van der Waals surface area (Å²) in [7, 11) is 0. The van der Waals surface area contributed by atoms with Gasteiger partial charge >= 0.3 is 0 Å². The van der Waals surface area contributed by atoms with Crippen molar-refractivity contribution in [1.82, 2.24) is 20.1 Å². The summed E-state index contributed by atoms with van der Waals surface area (Å²) in [5, 5.41) is 9.18. The van der Waals surface area contributed by atoms with Gasteiger partial charge in [0.2, 0.25) is 5.91 Å². The Balaban J connectivity index is 1.68. The van der Waals surface area contributed by atoms with Gasteiger partial charge in [0.05, 0.1) is 10.5 Å². The number of hydrogen-bond acceptors (Lipinski definition) is 4. The molecule has 0 atom stereocenters. The first kappa shape index (κ1) is 22.3. The average molecular weight is 478 g/mol. The second-order valence-electron chi connectivity index (χ2n) is 8.74. The molecule has 1 fully saturated rings. The van der Waals surface area contributed by atoms with Crippen LogP contribution in [0.15, 0.2) is 36.9 Å². The number of rotatable bonds is 3. The SMILES string of the molecule is C=CC(=O)N1CCN(c2cc(C)nc3c(F)c(-c4c(C)ccc5n[nH]c(C)c45)c(Cl)cc23)CC1. The molecule has 4 aromatic rings. The number of pyridine rings is 1. The summed E-state index contributed by atoms with van der Waals surface area (Å²) in [6, 6.07) is 7.61. The fourth-order valence-electron chi connectivity index (χ4n) is 4.88. The number of halogens is 2. The summed E-state index contributed by atoms with van der Waals surface area (Å²) in [5.41, 5.74) is 5.47. The number of amides is 1. The minimum Gasteiger partial charge on any atom is -0.367 e. The van der Waals surface area contributed by atoms with E-state index in [1.807, 2.05) is 45.0 Å². The lowest BCUT2D eigenvalue weighted by molar-refractivity contribution is -0.126. The van der Waals surface area contributed by atoms with Crippen LogP contribution in [-0.4, -0.2) is 52.2 Å². The molecule has 1 amide bonds. The minimum atomic E-state index is -0.441. The zero-order chi connectivity index (χ0) is 24.1. The number of nitrogens with one attached hydrogen (secondary N) is 1. The summed E-state index contributed by atoms with van der Waals surface area (Å²) in [6.07, 6.45) is 1.34. The van der Waals surface area contributed by atoms with Crippen molar-refractivity contribution in [3.05, 3.63) is 64.7 Å². The number of carbonyl (C=O) groups is 1. The van der Waals surface area contributed by atoms with E-state index in [2.05, 4.69) is 26.7 Å². The number of hydrogen-bond donors (Lipinski definition) is 1. The van der Waals surface area contributed by atoms with Crippen molar-refractivity contribution in [2.75, 3.05) is 31.1 Å². The van der Waals surface area contributed by atoms with Gasteiger partial charge in [-0.15, -0.1) is 0 Å². The van der Waals surface area contributed by atoms with Crippen molar-refractivity contribution in [2.45, 2.75) is 20.8 Å². The summed E-state index contributed by atoms with van der Waals surface area (Å²) in [6.45, 7) is 11.7. The van der Waals surface area contributed by atoms with E-state index in [1.54, 1.807) is 4.90 Å². The van der Waals surface area contributed by atoms with E-state index in [4.69, 9.17) is 11.6 Å². The summed E-state index contributed by atoms with van der Waals surface area (Å²) < 4.78 is 16.2. The first-order valence-electron chi connectivity index (χ1n) is 11.2. The molecule has 174 valence electrons. The Morgan fingerprint density at radius 3 is 2.59 bits per heavy atom. The Labute approximate surface area is 202 Å². The van der Waals surface area contributed by atoms with Gasteiger partial charge in [-0.1, -0.05) is 24.2 Å². The predicted molar refractivity (Wildman–Crippen MR) is 135 cm³/mol. The van der Waals surface area contributed by atoms with Crippen molar-refractivity contribution in [2.24, 2.45) is 0 Å². The van der Waals surface area contributed by atoms with Crippen molar-refractivity contribution >= 4 is 45.0 Å². The van der Waals surface area contributed by atoms with Gasteiger partial charge in [-0.2, -0.15) is 5.10 Å². The van der Waals surface area contributed by atoms with Crippen LogP contribution in [0.4, 0.5) is 10.1 Å². The molecular weight excluding hydrogens is 453 g/mol. The number of benzene rings is 2. The first-order valence-corrected chi connectivity index (χ1v) is 11.6. The fraction of sp³-hybridized carbons (Fsp3) is 0.269. The Morgan fingerprint density at radius 1 is 1.15 bits per heavy atom. The topological polar surface area (TPSA) is 65.1 Å². The van der Waals surface area contributed by atoms with E-state index in [9.17, 15) is 4.79 Å². The molecule has 6 nitrogen and oxygen atoms in total. The van der Waals surface area contributed by atoms with E-state index in [0.717, 1.165) is 33.4 Å². The Kier molecular flexibility index (Phi) is 5.52. The van der Waals surface area contributed by atoms with Crippen LogP contribution in [0.1, 0.15) is 17.0 Å². The molecule has 2 aromatic carbocycles. The van der Waals surface area contributed by atoms with Gasteiger partial charge in [0.25, 0.3) is 0 Å². The molecule has 0 saturated carbocycles. The molecule has 0 aliphatic carbocycles. The second kappa shape index (κ2) is 8.40. The largest absolute Gasteiger partial charge is 0.367 e. The summed E-state index contributed by atoms with van der Waals surface area (Å²) in [4.78, 5) is 20.5. The fourth-order valence-corrected chi connectivity index (χ4v) is 5.16. The van der Waals surface area contributed by atoms with Crippen LogP contribution >= 0.6 is 11.6 Å². The molecule has 1 N–H and O–H groups in total. The van der Waals surface area contributed by atoms with Gasteiger partial charge in [-0.25, -0.2) is 9.37 Å². The molecule has 0 radical (unpaired) electrons. The van der Waals surface area contributed by atoms with Crippen LogP contribution in [0.25, 0.3) is 32.9 Å². The Morgan fingerprint density at radius 2 is 1.88 bits per heavy atom. The maximum absolute atomic E-state index is 16.2. The minimum absolute atomic E-state index is 0.0757. The van der Waals surface area contributed by atoms with Crippen LogP contribution in [0.2, 0.25) is 5.02 Å². The van der Waals surface area contributed by atoms with E-state index in [0.29, 0.717) is 47.8 Å². The van der Waals surface area contributed by atoms with Crippen LogP contribution < -0.4 is 4.90 Å². The molecule has 1 aliphatic rings. The molecule has 0 spiro atoms. The third-order valence-electron chi connectivity index (χ3n) is 6.57. The smallest absolute Gasteiger partial charge is 0.246 e. The molecule has 8 heteroatoms.